The van der Waals surface area contributed by atoms with Crippen molar-refractivity contribution in [3.63, 3.8) is 0 Å². The summed E-state index contributed by atoms with van der Waals surface area (Å²) in [5.41, 5.74) is 0. The van der Waals surface area contributed by atoms with Crippen molar-refractivity contribution in [2.24, 2.45) is 0 Å². The second kappa shape index (κ2) is 9.47. The van der Waals surface area contributed by atoms with E-state index in [-0.39, 0.29) is 11.8 Å². The van der Waals surface area contributed by atoms with E-state index in [1.54, 1.807) is 25.2 Å². The number of ether oxygens (including phenoxy) is 1. The van der Waals surface area contributed by atoms with Gasteiger partial charge in [-0.2, -0.15) is 0 Å². The van der Waals surface area contributed by atoms with Gasteiger partial charge in [-0.3, -0.25) is 14.9 Å². The third kappa shape index (κ3) is 7.46. The highest BCUT2D eigenvalue weighted by Crippen LogP contribution is 2.17. The van der Waals surface area contributed by atoms with E-state index in [0.717, 1.165) is 5.75 Å². The van der Waals surface area contributed by atoms with Gasteiger partial charge >= 0.3 is 12.0 Å². The van der Waals surface area contributed by atoms with Gasteiger partial charge in [0.25, 0.3) is 5.91 Å². The third-order valence-electron chi connectivity index (χ3n) is 2.38. The van der Waals surface area contributed by atoms with Crippen molar-refractivity contribution in [2.45, 2.75) is 38.7 Å². The highest BCUT2D eigenvalue weighted by Gasteiger charge is 2.20. The Labute approximate surface area is 138 Å². The highest BCUT2D eigenvalue weighted by atomic mass is 32.2. The molecule has 0 saturated heterocycles. The molecule has 0 spiro atoms. The lowest BCUT2D eigenvalue weighted by Gasteiger charge is -2.14. The fraction of sp³-hybridized carbons (Fsp3) is 0.500. The van der Waals surface area contributed by atoms with E-state index in [2.05, 4.69) is 10.6 Å². The maximum absolute atomic E-state index is 11.7. The van der Waals surface area contributed by atoms with E-state index in [1.807, 2.05) is 17.5 Å². The fourth-order valence-electron chi connectivity index (χ4n) is 1.43. The molecule has 2 N–H and O–H groups in total. The first-order chi connectivity index (χ1) is 10.4. The van der Waals surface area contributed by atoms with Gasteiger partial charge in [0.2, 0.25) is 0 Å². The molecule has 8 heteroatoms. The first-order valence-electron chi connectivity index (χ1n) is 6.79. The van der Waals surface area contributed by atoms with Gasteiger partial charge in [-0.05, 0) is 32.2 Å². The topological polar surface area (TPSA) is 84.5 Å². The van der Waals surface area contributed by atoms with Gasteiger partial charge in [-0.1, -0.05) is 6.07 Å². The fourth-order valence-corrected chi connectivity index (χ4v) is 3.07. The predicted molar refractivity (Wildman–Crippen MR) is 87.8 cm³/mol. The minimum Gasteiger partial charge on any atom is -0.452 e. The standard InChI is InChI=1S/C14H20N2O4S2/c1-9(2)15-14(19)16-13(18)10(3)20-12(17)8-21-7-11-5-4-6-22-11/h4-6,9-10H,7-8H2,1-3H3,(H2,15,16,18,19)/t10-/m0/s1. The van der Waals surface area contributed by atoms with Crippen LogP contribution < -0.4 is 10.6 Å². The molecule has 0 saturated carbocycles. The number of imide groups is 1. The summed E-state index contributed by atoms with van der Waals surface area (Å²) in [5, 5.41) is 6.62. The molecule has 0 aliphatic carbocycles. The first kappa shape index (κ1) is 18.5. The summed E-state index contributed by atoms with van der Waals surface area (Å²) in [6.07, 6.45) is -1.01. The monoisotopic (exact) mass is 344 g/mol. The van der Waals surface area contributed by atoms with Crippen LogP contribution in [0, 0.1) is 0 Å². The molecule has 0 bridgehead atoms. The average Bonchev–Trinajstić information content (AvgIpc) is 2.90. The molecule has 1 aromatic rings. The number of hydrogen-bond donors (Lipinski definition) is 2. The largest absolute Gasteiger partial charge is 0.452 e. The summed E-state index contributed by atoms with van der Waals surface area (Å²) in [4.78, 5) is 35.9. The van der Waals surface area contributed by atoms with Gasteiger partial charge in [-0.15, -0.1) is 23.1 Å². The molecule has 0 radical (unpaired) electrons. The number of hydrogen-bond acceptors (Lipinski definition) is 6. The first-order valence-corrected chi connectivity index (χ1v) is 8.83. The maximum atomic E-state index is 11.7. The van der Waals surface area contributed by atoms with E-state index in [0.29, 0.717) is 0 Å². The number of thiophene rings is 1. The van der Waals surface area contributed by atoms with E-state index in [9.17, 15) is 14.4 Å². The van der Waals surface area contributed by atoms with Crippen LogP contribution >= 0.6 is 23.1 Å². The maximum Gasteiger partial charge on any atom is 0.321 e. The van der Waals surface area contributed by atoms with Crippen LogP contribution in [0.2, 0.25) is 0 Å². The molecule has 0 aliphatic heterocycles. The lowest BCUT2D eigenvalue weighted by molar-refractivity contribution is -0.151. The number of carbonyl (C=O) groups is 3. The molecular formula is C14H20N2O4S2. The van der Waals surface area contributed by atoms with Crippen LogP contribution in [0.4, 0.5) is 4.79 Å². The molecule has 1 aromatic heterocycles. The Balaban J connectivity index is 2.24. The van der Waals surface area contributed by atoms with Crippen molar-refractivity contribution in [1.29, 1.82) is 0 Å². The number of amides is 3. The van der Waals surface area contributed by atoms with Gasteiger partial charge in [0.05, 0.1) is 5.75 Å². The second-order valence-electron chi connectivity index (χ2n) is 4.82. The average molecular weight is 344 g/mol. The zero-order chi connectivity index (χ0) is 16.5. The number of thioether (sulfide) groups is 1. The van der Waals surface area contributed by atoms with Gasteiger partial charge in [-0.25, -0.2) is 4.79 Å². The van der Waals surface area contributed by atoms with Gasteiger partial charge in [0.1, 0.15) is 0 Å². The van der Waals surface area contributed by atoms with Crippen LogP contribution in [-0.4, -0.2) is 35.8 Å². The summed E-state index contributed by atoms with van der Waals surface area (Å²) < 4.78 is 4.99. The molecule has 0 unspecified atom stereocenters. The van der Waals surface area contributed by atoms with Gasteiger partial charge in [0, 0.05) is 16.7 Å². The smallest absolute Gasteiger partial charge is 0.321 e. The molecule has 3 amide bonds. The van der Waals surface area contributed by atoms with Crippen molar-refractivity contribution >= 4 is 41.0 Å². The van der Waals surface area contributed by atoms with Crippen molar-refractivity contribution in [3.8, 4) is 0 Å². The Morgan fingerprint density at radius 2 is 2.05 bits per heavy atom. The molecule has 0 aliphatic rings. The summed E-state index contributed by atoms with van der Waals surface area (Å²) in [6.45, 7) is 4.98. The van der Waals surface area contributed by atoms with Gasteiger partial charge in [0.15, 0.2) is 6.10 Å². The Morgan fingerprint density at radius 1 is 1.32 bits per heavy atom. The number of carbonyl (C=O) groups excluding carboxylic acids is 3. The summed E-state index contributed by atoms with van der Waals surface area (Å²) >= 11 is 3.04. The van der Waals surface area contributed by atoms with Gasteiger partial charge < -0.3 is 10.1 Å². The minimum absolute atomic E-state index is 0.0840. The van der Waals surface area contributed by atoms with Crippen molar-refractivity contribution in [3.05, 3.63) is 22.4 Å². The molecule has 1 atom stereocenters. The van der Waals surface area contributed by atoms with E-state index in [1.165, 1.54) is 23.6 Å². The van der Waals surface area contributed by atoms with E-state index < -0.39 is 24.0 Å². The Bertz CT molecular complexity index is 503. The quantitative estimate of drug-likeness (QED) is 0.741. The molecule has 6 nitrogen and oxygen atoms in total. The molecule has 1 heterocycles. The number of esters is 1. The normalized spacial score (nSPS) is 11.8. The second-order valence-corrected chi connectivity index (χ2v) is 6.84. The van der Waals surface area contributed by atoms with Crippen molar-refractivity contribution in [2.75, 3.05) is 5.75 Å². The number of nitrogens with one attached hydrogen (secondary N) is 2. The number of rotatable bonds is 7. The summed E-state index contributed by atoms with van der Waals surface area (Å²) in [5.74, 6) is -0.235. The summed E-state index contributed by atoms with van der Waals surface area (Å²) in [6, 6.07) is 3.26. The van der Waals surface area contributed by atoms with Crippen molar-refractivity contribution < 1.29 is 19.1 Å². The zero-order valence-electron chi connectivity index (χ0n) is 12.8. The lowest BCUT2D eigenvalue weighted by atomic mass is 10.3. The van der Waals surface area contributed by atoms with E-state index in [4.69, 9.17) is 4.74 Å². The minimum atomic E-state index is -1.01. The van der Waals surface area contributed by atoms with Crippen LogP contribution in [0.25, 0.3) is 0 Å². The Morgan fingerprint density at radius 3 is 2.64 bits per heavy atom. The Kier molecular flexibility index (Phi) is 7.97. The molecule has 0 fully saturated rings. The van der Waals surface area contributed by atoms with Crippen molar-refractivity contribution in [1.82, 2.24) is 10.6 Å². The Hall–Kier alpha value is -1.54. The predicted octanol–water partition coefficient (Wildman–Crippen LogP) is 2.15. The SMILES string of the molecule is CC(C)NC(=O)NC(=O)[C@H](C)OC(=O)CSCc1cccs1. The lowest BCUT2D eigenvalue weighted by Crippen LogP contribution is -2.46. The van der Waals surface area contributed by atoms with Crippen LogP contribution in [0.3, 0.4) is 0 Å². The van der Waals surface area contributed by atoms with E-state index >= 15 is 0 Å². The van der Waals surface area contributed by atoms with Crippen LogP contribution in [0.5, 0.6) is 0 Å². The highest BCUT2D eigenvalue weighted by molar-refractivity contribution is 7.99. The third-order valence-corrected chi connectivity index (χ3v) is 4.39. The van der Waals surface area contributed by atoms with Crippen LogP contribution in [0.1, 0.15) is 25.6 Å². The van der Waals surface area contributed by atoms with Crippen LogP contribution in [0.15, 0.2) is 17.5 Å². The molecular weight excluding hydrogens is 324 g/mol. The zero-order valence-corrected chi connectivity index (χ0v) is 14.4. The summed E-state index contributed by atoms with van der Waals surface area (Å²) in [7, 11) is 0. The number of urea groups is 1. The van der Waals surface area contributed by atoms with Crippen LogP contribution in [-0.2, 0) is 20.1 Å². The molecule has 1 rings (SSSR count). The molecule has 22 heavy (non-hydrogen) atoms. The molecule has 122 valence electrons. The molecule has 0 aromatic carbocycles.